The number of ether oxygens (including phenoxy) is 2. The van der Waals surface area contributed by atoms with Crippen LogP contribution in [0.25, 0.3) is 0 Å². The van der Waals surface area contributed by atoms with E-state index in [1.165, 1.54) is 30.5 Å². The highest BCUT2D eigenvalue weighted by molar-refractivity contribution is 5.89. The molecule has 1 aromatic rings. The van der Waals surface area contributed by atoms with Gasteiger partial charge in [0.1, 0.15) is 0 Å². The third-order valence-electron chi connectivity index (χ3n) is 7.62. The Bertz CT molecular complexity index is 771. The molecule has 1 unspecified atom stereocenters. The van der Waals surface area contributed by atoms with E-state index in [-0.39, 0.29) is 11.5 Å². The molecular formula is C21H25NO3. The van der Waals surface area contributed by atoms with Crippen LogP contribution in [-0.2, 0) is 16.6 Å². The fourth-order valence-corrected chi connectivity index (χ4v) is 6.42. The normalized spacial score (nSPS) is 38.3. The van der Waals surface area contributed by atoms with Crippen LogP contribution in [0.2, 0.25) is 0 Å². The van der Waals surface area contributed by atoms with Gasteiger partial charge in [-0.05, 0) is 62.1 Å². The van der Waals surface area contributed by atoms with Gasteiger partial charge in [-0.25, -0.2) is 0 Å². The first kappa shape index (κ1) is 14.6. The average molecular weight is 339 g/mol. The van der Waals surface area contributed by atoms with Crippen LogP contribution in [0.15, 0.2) is 12.1 Å². The van der Waals surface area contributed by atoms with Crippen molar-refractivity contribution in [2.24, 2.45) is 11.8 Å². The van der Waals surface area contributed by atoms with Crippen molar-refractivity contribution >= 4 is 5.78 Å². The first-order valence-electron chi connectivity index (χ1n) is 9.86. The van der Waals surface area contributed by atoms with Gasteiger partial charge in [0.05, 0.1) is 7.11 Å². The van der Waals surface area contributed by atoms with Gasteiger partial charge in [0, 0.05) is 30.0 Å². The van der Waals surface area contributed by atoms with Crippen molar-refractivity contribution in [2.75, 3.05) is 20.2 Å². The summed E-state index contributed by atoms with van der Waals surface area (Å²) in [6, 6.07) is 4.85. The van der Waals surface area contributed by atoms with Crippen molar-refractivity contribution in [1.82, 2.24) is 4.90 Å². The Labute approximate surface area is 148 Å². The molecule has 0 radical (unpaired) electrons. The molecule has 5 aliphatic rings. The number of rotatable bonds is 3. The second kappa shape index (κ2) is 4.79. The maximum Gasteiger partial charge on any atom is 0.174 e. The monoisotopic (exact) mass is 339 g/mol. The quantitative estimate of drug-likeness (QED) is 0.849. The third-order valence-corrected chi connectivity index (χ3v) is 7.62. The van der Waals surface area contributed by atoms with Gasteiger partial charge >= 0.3 is 0 Å². The number of hydrogen-bond acceptors (Lipinski definition) is 4. The van der Waals surface area contributed by atoms with Crippen LogP contribution in [0.3, 0.4) is 0 Å². The Morgan fingerprint density at radius 3 is 3.00 bits per heavy atom. The highest BCUT2D eigenvalue weighted by atomic mass is 16.5. The zero-order valence-electron chi connectivity index (χ0n) is 14.8. The molecule has 0 amide bonds. The Balaban J connectivity index is 1.53. The molecule has 3 aliphatic carbocycles. The van der Waals surface area contributed by atoms with E-state index in [1.807, 2.05) is 6.07 Å². The highest BCUT2D eigenvalue weighted by Gasteiger charge is 2.66. The molecule has 6 rings (SSSR count). The van der Waals surface area contributed by atoms with E-state index < -0.39 is 0 Å². The second-order valence-corrected chi connectivity index (χ2v) is 8.74. The number of methoxy groups -OCH3 is 1. The van der Waals surface area contributed by atoms with Crippen molar-refractivity contribution in [1.29, 1.82) is 0 Å². The van der Waals surface area contributed by atoms with E-state index in [2.05, 4.69) is 11.0 Å². The van der Waals surface area contributed by atoms with E-state index in [0.29, 0.717) is 24.2 Å². The average Bonchev–Trinajstić information content (AvgIpc) is 3.36. The smallest absolute Gasteiger partial charge is 0.174 e. The highest BCUT2D eigenvalue weighted by Crippen LogP contribution is 2.63. The number of Topliss-reactive ketones (excluding diaryl/α,β-unsaturated/α-hetero) is 1. The van der Waals surface area contributed by atoms with Crippen LogP contribution in [0.5, 0.6) is 11.5 Å². The van der Waals surface area contributed by atoms with Crippen molar-refractivity contribution in [3.8, 4) is 11.5 Å². The molecule has 1 aromatic carbocycles. The first-order valence-corrected chi connectivity index (χ1v) is 9.86. The number of nitrogens with zero attached hydrogens (tertiary/aromatic N) is 1. The van der Waals surface area contributed by atoms with Crippen LogP contribution in [0.4, 0.5) is 0 Å². The van der Waals surface area contributed by atoms with Gasteiger partial charge in [0.25, 0.3) is 0 Å². The summed E-state index contributed by atoms with van der Waals surface area (Å²) in [6.45, 7) is 2.37. The summed E-state index contributed by atoms with van der Waals surface area (Å²) < 4.78 is 11.9. The van der Waals surface area contributed by atoms with Crippen LogP contribution in [0.1, 0.15) is 43.2 Å². The Morgan fingerprint density at radius 1 is 1.32 bits per heavy atom. The molecule has 4 heteroatoms. The number of carbonyl (C=O) groups is 1. The number of ketones is 1. The zero-order chi connectivity index (χ0) is 16.8. The molecule has 4 atom stereocenters. The molecule has 2 heterocycles. The fraction of sp³-hybridized carbons (Fsp3) is 0.667. The molecule has 2 saturated carbocycles. The van der Waals surface area contributed by atoms with E-state index in [4.69, 9.17) is 9.47 Å². The van der Waals surface area contributed by atoms with Crippen LogP contribution >= 0.6 is 0 Å². The lowest BCUT2D eigenvalue weighted by Gasteiger charge is -2.57. The summed E-state index contributed by atoms with van der Waals surface area (Å²) in [5, 5.41) is 0. The predicted molar refractivity (Wildman–Crippen MR) is 93.2 cm³/mol. The van der Waals surface area contributed by atoms with E-state index in [1.54, 1.807) is 7.11 Å². The summed E-state index contributed by atoms with van der Waals surface area (Å²) in [4.78, 5) is 15.6. The zero-order valence-corrected chi connectivity index (χ0v) is 14.8. The first-order chi connectivity index (χ1) is 12.2. The minimum Gasteiger partial charge on any atom is -0.493 e. The summed E-state index contributed by atoms with van der Waals surface area (Å²) >= 11 is 0. The maximum absolute atomic E-state index is 12.8. The minimum absolute atomic E-state index is 0.0858. The lowest BCUT2D eigenvalue weighted by molar-refractivity contribution is -0.138. The van der Waals surface area contributed by atoms with Crippen LogP contribution in [0, 0.1) is 11.8 Å². The van der Waals surface area contributed by atoms with Crippen molar-refractivity contribution in [3.05, 3.63) is 23.3 Å². The van der Waals surface area contributed by atoms with Crippen LogP contribution in [-0.4, -0.2) is 43.0 Å². The summed E-state index contributed by atoms with van der Waals surface area (Å²) in [5.74, 6) is 3.45. The van der Waals surface area contributed by atoms with Crippen LogP contribution < -0.4 is 9.47 Å². The van der Waals surface area contributed by atoms with E-state index in [9.17, 15) is 4.79 Å². The summed E-state index contributed by atoms with van der Waals surface area (Å²) in [6.07, 6.45) is 6.40. The lowest BCUT2D eigenvalue weighted by Crippen LogP contribution is -2.66. The summed E-state index contributed by atoms with van der Waals surface area (Å²) in [7, 11) is 1.70. The van der Waals surface area contributed by atoms with Crippen molar-refractivity contribution < 1.29 is 14.3 Å². The second-order valence-electron chi connectivity index (χ2n) is 8.74. The molecule has 2 aliphatic heterocycles. The molecule has 1 saturated heterocycles. The Hall–Kier alpha value is -1.55. The standard InChI is InChI=1S/C21H25NO3/c1-24-17-7-4-13-10-15-14-5-6-16(23)20-21(14,18(13)19(17)25-20)8-9-22(15)11-12-2-3-12/h4,7,12,14-15,20H,2-3,5-6,8-11H2,1H3/t14-,15?,20-,21-/m1/s1. The maximum atomic E-state index is 12.8. The fourth-order valence-electron chi connectivity index (χ4n) is 6.42. The van der Waals surface area contributed by atoms with Gasteiger partial charge in [0.15, 0.2) is 23.4 Å². The number of carbonyl (C=O) groups excluding carboxylic acids is 1. The molecule has 3 fully saturated rings. The number of hydrogen-bond donors (Lipinski definition) is 0. The topological polar surface area (TPSA) is 38.8 Å². The molecule has 0 N–H and O–H groups in total. The van der Waals surface area contributed by atoms with E-state index in [0.717, 1.165) is 43.2 Å². The predicted octanol–water partition coefficient (Wildman–Crippen LogP) is 2.71. The molecule has 2 bridgehead atoms. The van der Waals surface area contributed by atoms with Gasteiger partial charge in [-0.1, -0.05) is 6.07 Å². The van der Waals surface area contributed by atoms with Gasteiger partial charge in [-0.15, -0.1) is 0 Å². The number of piperidine rings is 1. The lowest BCUT2D eigenvalue weighted by atomic mass is 9.51. The molecular weight excluding hydrogens is 314 g/mol. The SMILES string of the molecule is COc1ccc2c3c1O[C@@H]1C(=O)CC[C@@H]4C(C2)N(CC2CC2)CC[C@@]314. The van der Waals surface area contributed by atoms with Crippen molar-refractivity contribution in [2.45, 2.75) is 56.1 Å². The Kier molecular flexibility index (Phi) is 2.80. The van der Waals surface area contributed by atoms with Gasteiger partial charge in [-0.2, -0.15) is 0 Å². The molecule has 25 heavy (non-hydrogen) atoms. The Morgan fingerprint density at radius 2 is 2.20 bits per heavy atom. The van der Waals surface area contributed by atoms with Crippen molar-refractivity contribution in [3.63, 3.8) is 0 Å². The molecule has 0 aromatic heterocycles. The largest absolute Gasteiger partial charge is 0.493 e. The molecule has 1 spiro atoms. The molecule has 4 nitrogen and oxygen atoms in total. The van der Waals surface area contributed by atoms with Gasteiger partial charge < -0.3 is 9.47 Å². The minimum atomic E-state index is -0.276. The third kappa shape index (κ3) is 1.74. The number of benzene rings is 1. The van der Waals surface area contributed by atoms with E-state index >= 15 is 0 Å². The number of likely N-dealkylation sites (tertiary alicyclic amines) is 1. The van der Waals surface area contributed by atoms with Gasteiger partial charge in [0.2, 0.25) is 0 Å². The van der Waals surface area contributed by atoms with Gasteiger partial charge in [-0.3, -0.25) is 9.69 Å². The summed E-state index contributed by atoms with van der Waals surface area (Å²) in [5.41, 5.74) is 2.64. The molecule has 132 valence electrons.